The van der Waals surface area contributed by atoms with Crippen molar-refractivity contribution >= 4 is 49.8 Å². The molecule has 14 heteroatoms. The number of carbonyl (C=O) groups excluding carboxylic acids is 4. The Balaban J connectivity index is 1.51. The first kappa shape index (κ1) is 31.2. The maximum Gasteiger partial charge on any atom is 0.407 e. The number of halogens is 4. The quantitative estimate of drug-likeness (QED) is 0.184. The highest BCUT2D eigenvalue weighted by atomic mass is 35.5. The molecule has 0 radical (unpaired) electrons. The molecule has 1 fully saturated rings. The summed E-state index contributed by atoms with van der Waals surface area (Å²) in [5, 5.41) is 7.50. The Morgan fingerprint density at radius 3 is 2.65 bits per heavy atom. The summed E-state index contributed by atoms with van der Waals surface area (Å²) in [4.78, 5) is 49.4. The molecule has 0 spiro atoms. The van der Waals surface area contributed by atoms with Gasteiger partial charge < -0.3 is 25.4 Å². The van der Waals surface area contributed by atoms with E-state index >= 15 is 0 Å². The van der Waals surface area contributed by atoms with E-state index in [1.165, 1.54) is 0 Å². The van der Waals surface area contributed by atoms with Crippen LogP contribution in [-0.2, 0) is 25.5 Å². The lowest BCUT2D eigenvalue weighted by molar-refractivity contribution is -0.130. The molecule has 1 saturated heterocycles. The number of hydrogen-bond acceptors (Lipinski definition) is 6. The third-order valence-electron chi connectivity index (χ3n) is 6.06. The van der Waals surface area contributed by atoms with Crippen LogP contribution in [0.1, 0.15) is 24.8 Å². The summed E-state index contributed by atoms with van der Waals surface area (Å²) < 4.78 is 51.6. The summed E-state index contributed by atoms with van der Waals surface area (Å²) in [6, 6.07) is 6.33. The van der Waals surface area contributed by atoms with Gasteiger partial charge in [-0.1, -0.05) is 33.0 Å². The second kappa shape index (κ2) is 14.9. The summed E-state index contributed by atoms with van der Waals surface area (Å²) >= 11 is 5.93. The van der Waals surface area contributed by atoms with Crippen molar-refractivity contribution in [2.45, 2.75) is 31.7 Å². The molecule has 1 aliphatic rings. The van der Waals surface area contributed by atoms with Crippen molar-refractivity contribution in [3.05, 3.63) is 58.4 Å². The van der Waals surface area contributed by atoms with Crippen molar-refractivity contribution in [3.63, 3.8) is 0 Å². The highest BCUT2D eigenvalue weighted by Crippen LogP contribution is 2.23. The molecule has 3 rings (SSSR count). The molecule has 1 aliphatic heterocycles. The van der Waals surface area contributed by atoms with Crippen molar-refractivity contribution in [1.29, 1.82) is 0 Å². The van der Waals surface area contributed by atoms with Crippen LogP contribution in [0.4, 0.5) is 18.0 Å². The normalized spacial score (nSPS) is 15.2. The van der Waals surface area contributed by atoms with Crippen molar-refractivity contribution in [2.75, 3.05) is 26.3 Å². The summed E-state index contributed by atoms with van der Waals surface area (Å²) in [6.45, 7) is -0.898. The van der Waals surface area contributed by atoms with E-state index in [-0.39, 0.29) is 18.9 Å². The van der Waals surface area contributed by atoms with E-state index in [9.17, 15) is 32.3 Å². The molecule has 216 valence electrons. The van der Waals surface area contributed by atoms with Gasteiger partial charge in [-0.05, 0) is 43.4 Å². The summed E-state index contributed by atoms with van der Waals surface area (Å²) in [6.07, 6.45) is 0.617. The van der Waals surface area contributed by atoms with Crippen molar-refractivity contribution in [1.82, 2.24) is 16.0 Å². The maximum absolute atomic E-state index is 14.1. The Hall–Kier alpha value is -3.37. The minimum absolute atomic E-state index is 0.0874. The van der Waals surface area contributed by atoms with Gasteiger partial charge in [0.05, 0.1) is 18.0 Å². The molecule has 3 atom stereocenters. The first-order valence-electron chi connectivity index (χ1n) is 12.4. The first-order valence-corrected chi connectivity index (χ1v) is 13.3. The van der Waals surface area contributed by atoms with E-state index in [0.29, 0.717) is 36.9 Å². The Labute approximate surface area is 235 Å². The van der Waals surface area contributed by atoms with Crippen LogP contribution in [0.25, 0.3) is 0 Å². The third-order valence-corrected chi connectivity index (χ3v) is 6.83. The van der Waals surface area contributed by atoms with E-state index in [0.717, 1.165) is 5.56 Å². The summed E-state index contributed by atoms with van der Waals surface area (Å²) in [5.74, 6) is -7.32. The van der Waals surface area contributed by atoms with Gasteiger partial charge in [-0.15, -0.1) is 0 Å². The average Bonchev–Trinajstić information content (AvgIpc) is 3.32. The lowest BCUT2D eigenvalue weighted by Crippen LogP contribution is -2.48. The number of benzene rings is 2. The third kappa shape index (κ3) is 9.09. The molecule has 0 aliphatic carbocycles. The smallest absolute Gasteiger partial charge is 0.407 e. The summed E-state index contributed by atoms with van der Waals surface area (Å²) in [5.41, 5.74) is 0.978. The molecular weight excluding hydrogens is 574 g/mol. The van der Waals surface area contributed by atoms with Crippen molar-refractivity contribution in [3.8, 4) is 5.75 Å². The highest BCUT2D eigenvalue weighted by Gasteiger charge is 2.32. The van der Waals surface area contributed by atoms with Gasteiger partial charge in [0.2, 0.25) is 17.6 Å². The van der Waals surface area contributed by atoms with Crippen molar-refractivity contribution < 1.29 is 41.8 Å². The number of ketones is 1. The number of nitrogens with one attached hydrogen (secondary N) is 3. The average molecular weight is 602 g/mol. The van der Waals surface area contributed by atoms with Gasteiger partial charge in [0.15, 0.2) is 17.3 Å². The second-order valence-electron chi connectivity index (χ2n) is 9.01. The number of ether oxygens (including phenoxy) is 2. The standard InChI is InChI=1S/C26H28ClF3N3O6P/c27-16-5-1-3-14(9-16)4-2-8-38-26(37)32-12-21(35)33-19(10-15-6-7-31-25(15)36)20(34)13-39-23-22(30)17(28)11-18(29)24(23)40/h1,3,5,9,11,15,19H,2,4,6-8,10,12-13,40H2,(H,31,36)(H,32,37)(H,33,35)/t15-,19-/m0/s1. The van der Waals surface area contributed by atoms with E-state index in [1.54, 1.807) is 12.1 Å². The number of Topliss-reactive ketones (excluding diaryl/α,β-unsaturated/α-hetero) is 1. The van der Waals surface area contributed by atoms with Gasteiger partial charge in [-0.3, -0.25) is 14.4 Å². The fourth-order valence-corrected chi connectivity index (χ4v) is 4.49. The van der Waals surface area contributed by atoms with Crippen LogP contribution in [-0.4, -0.2) is 56.0 Å². The molecule has 2 aromatic carbocycles. The molecule has 9 nitrogen and oxygen atoms in total. The van der Waals surface area contributed by atoms with Crippen LogP contribution < -0.4 is 26.0 Å². The first-order chi connectivity index (χ1) is 19.0. The van der Waals surface area contributed by atoms with Crippen LogP contribution in [0.2, 0.25) is 5.02 Å². The molecule has 0 bridgehead atoms. The molecule has 1 heterocycles. The molecule has 0 saturated carbocycles. The van der Waals surface area contributed by atoms with Gasteiger partial charge >= 0.3 is 6.09 Å². The maximum atomic E-state index is 14.1. The van der Waals surface area contributed by atoms with Gasteiger partial charge in [0.1, 0.15) is 19.0 Å². The van der Waals surface area contributed by atoms with Crippen LogP contribution in [0, 0.1) is 23.4 Å². The minimum Gasteiger partial charge on any atom is -0.482 e. The Kier molecular flexibility index (Phi) is 11.6. The molecule has 3 N–H and O–H groups in total. The molecule has 3 amide bonds. The Morgan fingerprint density at radius 2 is 1.95 bits per heavy atom. The van der Waals surface area contributed by atoms with E-state index < -0.39 is 71.4 Å². The molecule has 40 heavy (non-hydrogen) atoms. The number of aryl methyl sites for hydroxylation is 1. The monoisotopic (exact) mass is 601 g/mol. The predicted octanol–water partition coefficient (Wildman–Crippen LogP) is 2.58. The predicted molar refractivity (Wildman–Crippen MR) is 143 cm³/mol. The second-order valence-corrected chi connectivity index (χ2v) is 10.0. The Morgan fingerprint density at radius 1 is 1.18 bits per heavy atom. The number of amides is 3. The number of rotatable bonds is 13. The number of carbonyl (C=O) groups is 4. The van der Waals surface area contributed by atoms with E-state index in [1.807, 2.05) is 21.4 Å². The summed E-state index contributed by atoms with van der Waals surface area (Å²) in [7, 11) is 1.86. The van der Waals surface area contributed by atoms with Crippen LogP contribution in [0.15, 0.2) is 30.3 Å². The molecular formula is C26H28ClF3N3O6P. The van der Waals surface area contributed by atoms with E-state index in [4.69, 9.17) is 21.1 Å². The van der Waals surface area contributed by atoms with Crippen LogP contribution in [0.3, 0.4) is 0 Å². The fourth-order valence-electron chi connectivity index (χ4n) is 3.98. The van der Waals surface area contributed by atoms with Gasteiger partial charge in [-0.25, -0.2) is 13.6 Å². The lowest BCUT2D eigenvalue weighted by atomic mass is 9.96. The van der Waals surface area contributed by atoms with Gasteiger partial charge in [0, 0.05) is 23.6 Å². The highest BCUT2D eigenvalue weighted by molar-refractivity contribution is 7.27. The van der Waals surface area contributed by atoms with E-state index in [2.05, 4.69) is 16.0 Å². The topological polar surface area (TPSA) is 123 Å². The molecule has 0 aromatic heterocycles. The van der Waals surface area contributed by atoms with Crippen LogP contribution in [0.5, 0.6) is 5.75 Å². The zero-order chi connectivity index (χ0) is 29.2. The molecule has 2 aromatic rings. The zero-order valence-electron chi connectivity index (χ0n) is 21.2. The number of alkyl carbamates (subject to hydrolysis) is 1. The Bertz CT molecular complexity index is 1240. The lowest BCUT2D eigenvalue weighted by Gasteiger charge is -2.21. The molecule has 1 unspecified atom stereocenters. The SMILES string of the molecule is O=C(CNC(=O)OCCCc1cccc(Cl)c1)N[C@@H](C[C@@H]1CCNC1=O)C(=O)COc1c(F)c(F)cc(F)c1P. The minimum atomic E-state index is -1.50. The van der Waals surface area contributed by atoms with Crippen molar-refractivity contribution in [2.24, 2.45) is 5.92 Å². The van der Waals surface area contributed by atoms with Gasteiger partial charge in [0.25, 0.3) is 0 Å². The number of hydrogen-bond donors (Lipinski definition) is 3. The van der Waals surface area contributed by atoms with Crippen LogP contribution >= 0.6 is 20.8 Å². The largest absolute Gasteiger partial charge is 0.482 e. The zero-order valence-corrected chi connectivity index (χ0v) is 23.1. The van der Waals surface area contributed by atoms with Gasteiger partial charge in [-0.2, -0.15) is 4.39 Å². The fraction of sp³-hybridized carbons (Fsp3) is 0.385.